The van der Waals surface area contributed by atoms with E-state index in [2.05, 4.69) is 28.1 Å². The number of para-hydroxylation sites is 1. The minimum atomic E-state index is -0.341. The van der Waals surface area contributed by atoms with Crippen molar-refractivity contribution in [1.29, 1.82) is 0 Å². The zero-order valence-electron chi connectivity index (χ0n) is 19.5. The topological polar surface area (TPSA) is 55.7 Å². The van der Waals surface area contributed by atoms with Crippen molar-refractivity contribution in [2.75, 3.05) is 19.5 Å². The van der Waals surface area contributed by atoms with Crippen molar-refractivity contribution in [3.63, 3.8) is 0 Å². The van der Waals surface area contributed by atoms with E-state index in [1.165, 1.54) is 0 Å². The van der Waals surface area contributed by atoms with Gasteiger partial charge < -0.3 is 24.3 Å². The van der Waals surface area contributed by atoms with E-state index in [1.807, 2.05) is 78.7 Å². The first-order valence-electron chi connectivity index (χ1n) is 11.2. The van der Waals surface area contributed by atoms with Crippen molar-refractivity contribution in [2.45, 2.75) is 19.5 Å². The van der Waals surface area contributed by atoms with Crippen molar-refractivity contribution in [1.82, 2.24) is 9.47 Å². The molecule has 3 aromatic carbocycles. The lowest BCUT2D eigenvalue weighted by Crippen LogP contribution is -2.38. The quantitative estimate of drug-likeness (QED) is 0.416. The first-order valence-corrected chi connectivity index (χ1v) is 11.2. The molecule has 0 saturated heterocycles. The Labute approximate surface area is 199 Å². The number of urea groups is 1. The van der Waals surface area contributed by atoms with Gasteiger partial charge in [-0.15, -0.1) is 0 Å². The fraction of sp³-hybridized carbons (Fsp3) is 0.179. The molecule has 0 bridgehead atoms. The average Bonchev–Trinajstić information content (AvgIpc) is 3.28. The molecule has 0 radical (unpaired) electrons. The van der Waals surface area contributed by atoms with E-state index < -0.39 is 0 Å². The van der Waals surface area contributed by atoms with Gasteiger partial charge in [-0.25, -0.2) is 4.79 Å². The SMILES string of the molecule is COc1ccc(C2c3cccn3-c3ccccc3CN2C(=O)Nc2cccc(C)c2)cc1OC. The van der Waals surface area contributed by atoms with Crippen LogP contribution in [0.4, 0.5) is 10.5 Å². The number of fused-ring (bicyclic) bond motifs is 3. The van der Waals surface area contributed by atoms with E-state index in [-0.39, 0.29) is 12.1 Å². The fourth-order valence-electron chi connectivity index (χ4n) is 4.63. The molecule has 1 aromatic heterocycles. The maximum atomic E-state index is 13.8. The van der Waals surface area contributed by atoms with Crippen molar-refractivity contribution in [3.05, 3.63) is 107 Å². The molecule has 1 N–H and O–H groups in total. The molecule has 34 heavy (non-hydrogen) atoms. The lowest BCUT2D eigenvalue weighted by Gasteiger charge is -2.31. The predicted molar refractivity (Wildman–Crippen MR) is 133 cm³/mol. The van der Waals surface area contributed by atoms with Crippen molar-refractivity contribution >= 4 is 11.7 Å². The molecular weight excluding hydrogens is 426 g/mol. The molecule has 6 nitrogen and oxygen atoms in total. The highest BCUT2D eigenvalue weighted by atomic mass is 16.5. The van der Waals surface area contributed by atoms with E-state index in [9.17, 15) is 4.79 Å². The van der Waals surface area contributed by atoms with E-state index in [4.69, 9.17) is 9.47 Å². The van der Waals surface area contributed by atoms with Gasteiger partial charge in [0.1, 0.15) is 0 Å². The second-order valence-electron chi connectivity index (χ2n) is 8.38. The second kappa shape index (κ2) is 8.98. The van der Waals surface area contributed by atoms with Crippen LogP contribution >= 0.6 is 0 Å². The van der Waals surface area contributed by atoms with Gasteiger partial charge >= 0.3 is 6.03 Å². The number of amides is 2. The highest BCUT2D eigenvalue weighted by Crippen LogP contribution is 2.39. The van der Waals surface area contributed by atoms with Crippen LogP contribution < -0.4 is 14.8 Å². The molecule has 2 heterocycles. The number of anilines is 1. The summed E-state index contributed by atoms with van der Waals surface area (Å²) in [6.07, 6.45) is 2.05. The van der Waals surface area contributed by atoms with Gasteiger partial charge in [0.15, 0.2) is 11.5 Å². The molecule has 0 fully saturated rings. The van der Waals surface area contributed by atoms with Crippen molar-refractivity contribution in [2.24, 2.45) is 0 Å². The number of nitrogens with zero attached hydrogens (tertiary/aromatic N) is 2. The minimum Gasteiger partial charge on any atom is -0.493 e. The molecule has 0 saturated carbocycles. The Morgan fingerprint density at radius 3 is 2.53 bits per heavy atom. The Morgan fingerprint density at radius 1 is 0.912 bits per heavy atom. The van der Waals surface area contributed by atoms with Gasteiger partial charge in [0.25, 0.3) is 0 Å². The highest BCUT2D eigenvalue weighted by molar-refractivity contribution is 5.90. The van der Waals surface area contributed by atoms with Gasteiger partial charge in [-0.05, 0) is 66.1 Å². The Morgan fingerprint density at radius 2 is 1.74 bits per heavy atom. The number of benzene rings is 3. The number of hydrogen-bond acceptors (Lipinski definition) is 3. The first-order chi connectivity index (χ1) is 16.6. The van der Waals surface area contributed by atoms with Crippen molar-refractivity contribution < 1.29 is 14.3 Å². The van der Waals surface area contributed by atoms with Gasteiger partial charge in [0.2, 0.25) is 0 Å². The molecule has 6 heteroatoms. The Bertz CT molecular complexity index is 1340. The summed E-state index contributed by atoms with van der Waals surface area (Å²) in [4.78, 5) is 15.7. The van der Waals surface area contributed by atoms with Gasteiger partial charge in [-0.2, -0.15) is 0 Å². The summed E-state index contributed by atoms with van der Waals surface area (Å²) >= 11 is 0. The average molecular weight is 454 g/mol. The standard InChI is InChI=1S/C28H27N3O3/c1-19-8-6-10-22(16-19)29-28(32)31-18-21-9-4-5-11-23(21)30-15-7-12-24(30)27(31)20-13-14-25(33-2)26(17-20)34-3/h4-17,27H,18H2,1-3H3,(H,29,32). The summed E-state index contributed by atoms with van der Waals surface area (Å²) in [5.41, 5.74) is 5.93. The number of ether oxygens (including phenoxy) is 2. The second-order valence-corrected chi connectivity index (χ2v) is 8.38. The van der Waals surface area contributed by atoms with E-state index >= 15 is 0 Å². The molecular formula is C28H27N3O3. The van der Waals surface area contributed by atoms with Crippen LogP contribution in [-0.4, -0.2) is 29.7 Å². The molecule has 1 atom stereocenters. The van der Waals surface area contributed by atoms with Crippen LogP contribution in [0.25, 0.3) is 5.69 Å². The van der Waals surface area contributed by atoms with E-state index in [0.29, 0.717) is 18.0 Å². The number of carbonyl (C=O) groups excluding carboxylic acids is 1. The van der Waals surface area contributed by atoms with E-state index in [1.54, 1.807) is 14.2 Å². The van der Waals surface area contributed by atoms with Gasteiger partial charge in [0.05, 0.1) is 32.5 Å². The summed E-state index contributed by atoms with van der Waals surface area (Å²) in [5.74, 6) is 1.27. The molecule has 0 spiro atoms. The van der Waals surface area contributed by atoms with Gasteiger partial charge in [-0.3, -0.25) is 0 Å². The van der Waals surface area contributed by atoms with Gasteiger partial charge in [-0.1, -0.05) is 36.4 Å². The molecule has 172 valence electrons. The third kappa shape index (κ3) is 3.88. The molecule has 2 amide bonds. The summed E-state index contributed by atoms with van der Waals surface area (Å²) in [6.45, 7) is 2.46. The van der Waals surface area contributed by atoms with Crippen molar-refractivity contribution in [3.8, 4) is 17.2 Å². The largest absolute Gasteiger partial charge is 0.493 e. The fourth-order valence-corrected chi connectivity index (χ4v) is 4.63. The van der Waals surface area contributed by atoms with Crippen LogP contribution in [-0.2, 0) is 6.54 Å². The molecule has 4 aromatic rings. The first kappa shape index (κ1) is 21.6. The van der Waals surface area contributed by atoms with Gasteiger partial charge in [0, 0.05) is 17.6 Å². The molecule has 5 rings (SSSR count). The lowest BCUT2D eigenvalue weighted by atomic mass is 10.0. The molecule has 1 unspecified atom stereocenters. The number of aryl methyl sites for hydroxylation is 1. The zero-order valence-corrected chi connectivity index (χ0v) is 19.5. The maximum absolute atomic E-state index is 13.8. The maximum Gasteiger partial charge on any atom is 0.322 e. The monoisotopic (exact) mass is 453 g/mol. The Balaban J connectivity index is 1.65. The van der Waals surface area contributed by atoms with Crippen LogP contribution in [0.15, 0.2) is 85.1 Å². The lowest BCUT2D eigenvalue weighted by molar-refractivity contribution is 0.194. The van der Waals surface area contributed by atoms with Crippen LogP contribution in [0.3, 0.4) is 0 Å². The number of nitrogens with one attached hydrogen (secondary N) is 1. The zero-order chi connectivity index (χ0) is 23.7. The minimum absolute atomic E-state index is 0.171. The normalized spacial score (nSPS) is 14.6. The molecule has 0 aliphatic carbocycles. The van der Waals surface area contributed by atoms with Crippen LogP contribution in [0.2, 0.25) is 0 Å². The Kier molecular flexibility index (Phi) is 5.72. The number of methoxy groups -OCH3 is 2. The molecule has 1 aliphatic heterocycles. The van der Waals surface area contributed by atoms with E-state index in [0.717, 1.165) is 33.8 Å². The van der Waals surface area contributed by atoms with Crippen LogP contribution in [0, 0.1) is 6.92 Å². The number of hydrogen-bond donors (Lipinski definition) is 1. The summed E-state index contributed by atoms with van der Waals surface area (Å²) in [5, 5.41) is 3.11. The number of rotatable bonds is 4. The van der Waals surface area contributed by atoms with Crippen LogP contribution in [0.1, 0.15) is 28.4 Å². The summed E-state index contributed by atoms with van der Waals surface area (Å²) in [6, 6.07) is 25.4. The number of carbonyl (C=O) groups is 1. The third-order valence-electron chi connectivity index (χ3n) is 6.22. The third-order valence-corrected chi connectivity index (χ3v) is 6.22. The smallest absolute Gasteiger partial charge is 0.322 e. The summed E-state index contributed by atoms with van der Waals surface area (Å²) in [7, 11) is 3.24. The Hall–Kier alpha value is -4.19. The highest BCUT2D eigenvalue weighted by Gasteiger charge is 2.33. The predicted octanol–water partition coefficient (Wildman–Crippen LogP) is 5.94. The number of aromatic nitrogens is 1. The summed E-state index contributed by atoms with van der Waals surface area (Å²) < 4.78 is 13.2. The van der Waals surface area contributed by atoms with Crippen LogP contribution in [0.5, 0.6) is 11.5 Å². The molecule has 1 aliphatic rings.